The van der Waals surface area contributed by atoms with Crippen LogP contribution in [0.25, 0.3) is 0 Å². The summed E-state index contributed by atoms with van der Waals surface area (Å²) in [7, 11) is -4.29. The van der Waals surface area contributed by atoms with Crippen LogP contribution in [0, 0.1) is 18.3 Å². The fourth-order valence-electron chi connectivity index (χ4n) is 2.85. The van der Waals surface area contributed by atoms with Gasteiger partial charge in [0.25, 0.3) is 0 Å². The zero-order valence-electron chi connectivity index (χ0n) is 16.6. The van der Waals surface area contributed by atoms with E-state index >= 15 is 0 Å². The number of halogens is 1. The van der Waals surface area contributed by atoms with Gasteiger partial charge < -0.3 is 19.3 Å². The molecule has 3 atom stereocenters. The Labute approximate surface area is 184 Å². The number of rotatable bonds is 8. The van der Waals surface area contributed by atoms with Crippen molar-refractivity contribution in [2.24, 2.45) is 5.10 Å². The molecular weight excluding hydrogens is 446 g/mol. The zero-order chi connectivity index (χ0) is 22.6. The second-order valence-corrected chi connectivity index (χ2v) is 8.29. The minimum Gasteiger partial charge on any atom is -0.453 e. The van der Waals surface area contributed by atoms with E-state index < -0.39 is 28.7 Å². The predicted molar refractivity (Wildman–Crippen MR) is 114 cm³/mol. The van der Waals surface area contributed by atoms with Crippen molar-refractivity contribution in [3.05, 3.63) is 58.6 Å². The molecule has 12 heteroatoms. The van der Waals surface area contributed by atoms with Gasteiger partial charge in [-0.25, -0.2) is 0 Å². The molecule has 1 aliphatic heterocycles. The number of hydrogen-bond acceptors (Lipinski definition) is 9. The molecule has 1 aliphatic rings. The van der Waals surface area contributed by atoms with Gasteiger partial charge in [0.05, 0.1) is 16.7 Å². The molecule has 0 fully saturated rings. The first-order valence-corrected chi connectivity index (χ1v) is 10.9. The van der Waals surface area contributed by atoms with Crippen LogP contribution in [-0.4, -0.2) is 43.4 Å². The highest BCUT2D eigenvalue weighted by molar-refractivity contribution is 7.85. The second-order valence-electron chi connectivity index (χ2n) is 6.66. The lowest BCUT2D eigenvalue weighted by Gasteiger charge is -2.32. The summed E-state index contributed by atoms with van der Waals surface area (Å²) in [5.41, 5.74) is 1.43. The Bertz CT molecular complexity index is 1100. The van der Waals surface area contributed by atoms with Crippen LogP contribution in [0.15, 0.2) is 47.6 Å². The summed E-state index contributed by atoms with van der Waals surface area (Å²) in [6, 6.07) is 12.3. The first-order chi connectivity index (χ1) is 14.7. The summed E-state index contributed by atoms with van der Waals surface area (Å²) in [5.74, 6) is 0.115. The molecule has 3 N–H and O–H groups in total. The number of ether oxygens (including phenoxy) is 1. The molecule has 0 radical (unpaired) electrons. The monoisotopic (exact) mass is 465 g/mol. The number of benzene rings is 2. The van der Waals surface area contributed by atoms with Crippen LogP contribution in [0.5, 0.6) is 5.75 Å². The van der Waals surface area contributed by atoms with Crippen LogP contribution in [0.2, 0.25) is 5.02 Å². The van der Waals surface area contributed by atoms with Crippen LogP contribution in [-0.2, 0) is 15.0 Å². The first kappa shape index (κ1) is 22.6. The minimum absolute atomic E-state index is 0.115. The summed E-state index contributed by atoms with van der Waals surface area (Å²) >= 11 is 6.21. The molecule has 0 saturated carbocycles. The summed E-state index contributed by atoms with van der Waals surface area (Å²) in [6.07, 6.45) is -1.00. The first-order valence-electron chi connectivity index (χ1n) is 9.09. The summed E-state index contributed by atoms with van der Waals surface area (Å²) in [6.45, 7) is 3.22. The third-order valence-electron chi connectivity index (χ3n) is 4.42. The molecule has 0 saturated heterocycles. The van der Waals surface area contributed by atoms with E-state index in [-0.39, 0.29) is 10.8 Å². The number of para-hydroxylation sites is 1. The Morgan fingerprint density at radius 3 is 2.68 bits per heavy atom. The maximum absolute atomic E-state index is 12.4. The number of nitrogens with zero attached hydrogens (tertiary/aromatic N) is 3. The number of hydrazine groups is 1. The Morgan fingerprint density at radius 1 is 1.32 bits per heavy atom. The molecule has 164 valence electrons. The lowest BCUT2D eigenvalue weighted by Crippen LogP contribution is -2.55. The lowest BCUT2D eigenvalue weighted by atomic mass is 10.1. The van der Waals surface area contributed by atoms with Gasteiger partial charge in [0.1, 0.15) is 17.9 Å². The Balaban J connectivity index is 1.78. The fraction of sp³-hybridized carbons (Fsp3) is 0.263. The molecule has 31 heavy (non-hydrogen) atoms. The van der Waals surface area contributed by atoms with Gasteiger partial charge in [-0.05, 0) is 43.7 Å². The highest BCUT2D eigenvalue weighted by atomic mass is 35.5. The highest BCUT2D eigenvalue weighted by Crippen LogP contribution is 2.29. The van der Waals surface area contributed by atoms with Crippen molar-refractivity contribution in [3.8, 4) is 11.8 Å². The largest absolute Gasteiger partial charge is 0.453 e. The molecule has 1 unspecified atom stereocenters. The van der Waals surface area contributed by atoms with Crippen molar-refractivity contribution in [2.75, 3.05) is 5.32 Å². The average molecular weight is 466 g/mol. The summed E-state index contributed by atoms with van der Waals surface area (Å²) in [5, 5.41) is 27.6. The Hall–Kier alpha value is -3.04. The molecule has 1 heterocycles. The summed E-state index contributed by atoms with van der Waals surface area (Å²) in [4.78, 5) is 2.16. The maximum atomic E-state index is 12.4. The molecule has 0 amide bonds. The number of hydrazone groups is 1. The quantitative estimate of drug-likeness (QED) is 0.539. The minimum atomic E-state index is -4.29. The lowest BCUT2D eigenvalue weighted by molar-refractivity contribution is -0.00973. The van der Waals surface area contributed by atoms with Gasteiger partial charge >= 0.3 is 10.3 Å². The summed E-state index contributed by atoms with van der Waals surface area (Å²) < 4.78 is 35.2. The molecule has 2 aromatic carbocycles. The van der Waals surface area contributed by atoms with Crippen molar-refractivity contribution < 1.29 is 22.4 Å². The van der Waals surface area contributed by atoms with Crippen molar-refractivity contribution in [1.82, 2.24) is 9.95 Å². The van der Waals surface area contributed by atoms with E-state index in [0.717, 1.165) is 11.5 Å². The number of nitriles is 1. The predicted octanol–water partition coefficient (Wildman–Crippen LogP) is 2.11. The van der Waals surface area contributed by atoms with E-state index in [1.54, 1.807) is 31.2 Å². The van der Waals surface area contributed by atoms with Crippen LogP contribution in [0.3, 0.4) is 0 Å². The smallest absolute Gasteiger partial charge is 0.401 e. The topological polar surface area (TPSA) is 136 Å². The van der Waals surface area contributed by atoms with E-state index in [0.29, 0.717) is 16.8 Å². The molecule has 0 aliphatic carbocycles. The van der Waals surface area contributed by atoms with Gasteiger partial charge in [-0.15, -0.1) is 5.10 Å². The maximum Gasteiger partial charge on any atom is 0.401 e. The molecule has 3 rings (SSSR count). The third-order valence-corrected chi connectivity index (χ3v) is 5.73. The van der Waals surface area contributed by atoms with E-state index in [4.69, 9.17) is 25.8 Å². The van der Waals surface area contributed by atoms with Gasteiger partial charge in [0.2, 0.25) is 6.23 Å². The molecular formula is C19H20ClN5O5S. The third kappa shape index (κ3) is 5.36. The van der Waals surface area contributed by atoms with Crippen molar-refractivity contribution in [2.45, 2.75) is 32.2 Å². The van der Waals surface area contributed by atoms with E-state index in [2.05, 4.69) is 15.2 Å². The van der Waals surface area contributed by atoms with Gasteiger partial charge in [-0.2, -0.15) is 18.8 Å². The van der Waals surface area contributed by atoms with Gasteiger partial charge in [-0.1, -0.05) is 34.6 Å². The van der Waals surface area contributed by atoms with E-state index in [1.165, 1.54) is 25.1 Å². The van der Waals surface area contributed by atoms with Crippen LogP contribution in [0.1, 0.15) is 18.1 Å². The SMILES string of the molecule is Cc1c(N[C@@H](C2OC=NN2NS(=O)(=O)Oc2ccccc2)[C@H](C)O)ccc(C#N)c1Cl. The second kappa shape index (κ2) is 9.40. The molecule has 0 aromatic heterocycles. The molecule has 2 aromatic rings. The van der Waals surface area contributed by atoms with Gasteiger partial charge in [0.15, 0.2) is 6.40 Å². The normalized spacial score (nSPS) is 17.5. The average Bonchev–Trinajstić information content (AvgIpc) is 3.16. The molecule has 0 bridgehead atoms. The number of aliphatic hydroxyl groups excluding tert-OH is 1. The number of anilines is 1. The zero-order valence-corrected chi connectivity index (χ0v) is 18.1. The van der Waals surface area contributed by atoms with Crippen LogP contribution in [0.4, 0.5) is 5.69 Å². The number of nitrogens with one attached hydrogen (secondary N) is 2. The highest BCUT2D eigenvalue weighted by Gasteiger charge is 2.37. The van der Waals surface area contributed by atoms with Crippen molar-refractivity contribution in [1.29, 1.82) is 5.26 Å². The van der Waals surface area contributed by atoms with Crippen molar-refractivity contribution >= 4 is 34.0 Å². The standard InChI is InChI=1S/C19H20ClN5O5S/c1-12-16(9-8-14(10-21)17(12)20)23-18(13(2)26)19-25(22-11-29-19)24-31(27,28)30-15-6-4-3-5-7-15/h3-9,11,13,18-19,23-24,26H,1-2H3/t13-,18+,19?/m0/s1. The van der Waals surface area contributed by atoms with E-state index in [1.807, 2.05) is 6.07 Å². The number of hydrogen-bond donors (Lipinski definition) is 3. The van der Waals surface area contributed by atoms with Gasteiger partial charge in [-0.3, -0.25) is 0 Å². The fourth-order valence-corrected chi connectivity index (χ4v) is 3.84. The Kier molecular flexibility index (Phi) is 6.87. The van der Waals surface area contributed by atoms with Crippen LogP contribution < -0.4 is 14.3 Å². The van der Waals surface area contributed by atoms with Crippen LogP contribution >= 0.6 is 11.6 Å². The molecule has 0 spiro atoms. The number of aliphatic hydroxyl groups is 1. The molecule has 10 nitrogen and oxygen atoms in total. The van der Waals surface area contributed by atoms with Crippen molar-refractivity contribution in [3.63, 3.8) is 0 Å². The van der Waals surface area contributed by atoms with E-state index in [9.17, 15) is 13.5 Å². The van der Waals surface area contributed by atoms with Gasteiger partial charge in [0, 0.05) is 5.69 Å². The Morgan fingerprint density at radius 2 is 2.03 bits per heavy atom.